The predicted octanol–water partition coefficient (Wildman–Crippen LogP) is 6.05. The van der Waals surface area contributed by atoms with Crippen molar-refractivity contribution in [2.45, 2.75) is 59.3 Å². The molecule has 1 unspecified atom stereocenters. The minimum absolute atomic E-state index is 0.167. The Morgan fingerprint density at radius 3 is 2.37 bits per heavy atom. The highest BCUT2D eigenvalue weighted by molar-refractivity contribution is 5.72. The maximum absolute atomic E-state index is 11.9. The molecule has 2 rings (SSSR count). The molecule has 4 heteroatoms. The lowest BCUT2D eigenvalue weighted by atomic mass is 10.1. The summed E-state index contributed by atoms with van der Waals surface area (Å²) in [6, 6.07) is 11.3. The Morgan fingerprint density at radius 1 is 1.00 bits per heavy atom. The first-order valence-electron chi connectivity index (χ1n) is 10.0. The van der Waals surface area contributed by atoms with Gasteiger partial charge in [0.2, 0.25) is 0 Å². The summed E-state index contributed by atoms with van der Waals surface area (Å²) < 4.78 is 11.1. The van der Waals surface area contributed by atoms with Crippen molar-refractivity contribution in [3.8, 4) is 22.8 Å². The van der Waals surface area contributed by atoms with Crippen molar-refractivity contribution in [1.29, 1.82) is 0 Å². The molecule has 2 aromatic rings. The van der Waals surface area contributed by atoms with Gasteiger partial charge in [-0.05, 0) is 48.7 Å². The van der Waals surface area contributed by atoms with Crippen LogP contribution in [0.5, 0.6) is 11.5 Å². The molecular weight excluding hydrogens is 338 g/mol. The topological polar surface area (TPSA) is 48.4 Å². The molecule has 0 aliphatic carbocycles. The number of rotatable bonds is 11. The summed E-state index contributed by atoms with van der Waals surface area (Å²) in [4.78, 5) is 16.3. The summed E-state index contributed by atoms with van der Waals surface area (Å²) in [7, 11) is 0. The molecule has 1 aromatic heterocycles. The van der Waals surface area contributed by atoms with Gasteiger partial charge < -0.3 is 9.47 Å². The second-order valence-electron chi connectivity index (χ2n) is 7.01. The van der Waals surface area contributed by atoms with Crippen molar-refractivity contribution in [2.24, 2.45) is 5.92 Å². The molecule has 0 aliphatic heterocycles. The van der Waals surface area contributed by atoms with Crippen LogP contribution in [0.4, 0.5) is 0 Å². The number of nitrogens with zero attached hydrogens (tertiary/aromatic N) is 1. The van der Waals surface area contributed by atoms with Crippen LogP contribution in [-0.4, -0.2) is 17.6 Å². The van der Waals surface area contributed by atoms with Gasteiger partial charge in [-0.3, -0.25) is 9.78 Å². The first kappa shape index (κ1) is 20.9. The average molecular weight is 370 g/mol. The van der Waals surface area contributed by atoms with Gasteiger partial charge in [0.25, 0.3) is 0 Å². The SMILES string of the molecule is CCCCCCC(=O)Oc1ccc(-c2ccc(OCC(C)CC)cn2)cc1. The number of unbranched alkanes of at least 4 members (excludes halogenated alkanes) is 3. The Morgan fingerprint density at radius 2 is 1.74 bits per heavy atom. The number of carbonyl (C=O) groups excluding carboxylic acids is 1. The third-order valence-electron chi connectivity index (χ3n) is 4.58. The van der Waals surface area contributed by atoms with Gasteiger partial charge in [0.15, 0.2) is 0 Å². The third-order valence-corrected chi connectivity index (χ3v) is 4.58. The van der Waals surface area contributed by atoms with Crippen molar-refractivity contribution in [1.82, 2.24) is 4.98 Å². The molecule has 4 nitrogen and oxygen atoms in total. The largest absolute Gasteiger partial charge is 0.492 e. The highest BCUT2D eigenvalue weighted by Crippen LogP contribution is 2.23. The van der Waals surface area contributed by atoms with E-state index in [0.717, 1.165) is 49.1 Å². The van der Waals surface area contributed by atoms with Crippen LogP contribution in [-0.2, 0) is 4.79 Å². The number of aromatic nitrogens is 1. The summed E-state index contributed by atoms with van der Waals surface area (Å²) in [6.45, 7) is 7.18. The lowest BCUT2D eigenvalue weighted by molar-refractivity contribution is -0.134. The van der Waals surface area contributed by atoms with Crippen LogP contribution in [0.1, 0.15) is 59.3 Å². The third kappa shape index (κ3) is 7.41. The van der Waals surface area contributed by atoms with E-state index in [1.165, 1.54) is 0 Å². The molecule has 0 saturated carbocycles. The van der Waals surface area contributed by atoms with E-state index in [2.05, 4.69) is 25.8 Å². The minimum atomic E-state index is -0.167. The van der Waals surface area contributed by atoms with E-state index in [0.29, 0.717) is 24.7 Å². The van der Waals surface area contributed by atoms with E-state index >= 15 is 0 Å². The molecule has 0 N–H and O–H groups in total. The molecule has 27 heavy (non-hydrogen) atoms. The van der Waals surface area contributed by atoms with Gasteiger partial charge in [-0.15, -0.1) is 0 Å². The van der Waals surface area contributed by atoms with Gasteiger partial charge in [-0.25, -0.2) is 0 Å². The average Bonchev–Trinajstić information content (AvgIpc) is 2.70. The van der Waals surface area contributed by atoms with Crippen LogP contribution in [0.3, 0.4) is 0 Å². The fraction of sp³-hybridized carbons (Fsp3) is 0.478. The second kappa shape index (κ2) is 11.4. The van der Waals surface area contributed by atoms with Crippen molar-refractivity contribution in [3.05, 3.63) is 42.6 Å². The fourth-order valence-electron chi connectivity index (χ4n) is 2.57. The molecule has 0 spiro atoms. The van der Waals surface area contributed by atoms with Crippen LogP contribution in [0.15, 0.2) is 42.6 Å². The van der Waals surface area contributed by atoms with Gasteiger partial charge in [0.1, 0.15) is 11.5 Å². The van der Waals surface area contributed by atoms with Gasteiger partial charge >= 0.3 is 5.97 Å². The van der Waals surface area contributed by atoms with Gasteiger partial charge in [0, 0.05) is 12.0 Å². The standard InChI is InChI=1S/C23H31NO3/c1-4-6-7-8-9-23(25)27-20-12-10-19(11-13-20)22-15-14-21(16-24-22)26-17-18(3)5-2/h10-16,18H,4-9,17H2,1-3H3. The summed E-state index contributed by atoms with van der Waals surface area (Å²) in [5.74, 6) is 1.73. The van der Waals surface area contributed by atoms with Crippen molar-refractivity contribution >= 4 is 5.97 Å². The zero-order valence-electron chi connectivity index (χ0n) is 16.7. The first-order valence-corrected chi connectivity index (χ1v) is 10.0. The number of benzene rings is 1. The maximum Gasteiger partial charge on any atom is 0.311 e. The molecule has 0 amide bonds. The Bertz CT molecular complexity index is 680. The molecule has 0 fully saturated rings. The van der Waals surface area contributed by atoms with Gasteiger partial charge in [-0.1, -0.05) is 46.5 Å². The molecule has 0 radical (unpaired) electrons. The number of ether oxygens (including phenoxy) is 2. The monoisotopic (exact) mass is 369 g/mol. The fourth-order valence-corrected chi connectivity index (χ4v) is 2.57. The number of carbonyl (C=O) groups is 1. The highest BCUT2D eigenvalue weighted by Gasteiger charge is 2.06. The Kier molecular flexibility index (Phi) is 8.82. The molecule has 1 atom stereocenters. The van der Waals surface area contributed by atoms with E-state index in [4.69, 9.17) is 9.47 Å². The zero-order chi connectivity index (χ0) is 19.5. The van der Waals surface area contributed by atoms with Crippen LogP contribution >= 0.6 is 0 Å². The summed E-state index contributed by atoms with van der Waals surface area (Å²) in [5.41, 5.74) is 1.84. The van der Waals surface area contributed by atoms with Crippen molar-refractivity contribution in [2.75, 3.05) is 6.61 Å². The number of pyridine rings is 1. The van der Waals surface area contributed by atoms with E-state index < -0.39 is 0 Å². The smallest absolute Gasteiger partial charge is 0.311 e. The number of hydrogen-bond acceptors (Lipinski definition) is 4. The first-order chi connectivity index (χ1) is 13.1. The van der Waals surface area contributed by atoms with Crippen LogP contribution < -0.4 is 9.47 Å². The molecule has 1 aromatic carbocycles. The van der Waals surface area contributed by atoms with E-state index in [1.54, 1.807) is 6.20 Å². The van der Waals surface area contributed by atoms with E-state index in [1.807, 2.05) is 36.4 Å². The van der Waals surface area contributed by atoms with Crippen molar-refractivity contribution < 1.29 is 14.3 Å². The van der Waals surface area contributed by atoms with Crippen LogP contribution in [0, 0.1) is 5.92 Å². The van der Waals surface area contributed by atoms with Gasteiger partial charge in [0.05, 0.1) is 18.5 Å². The van der Waals surface area contributed by atoms with Gasteiger partial charge in [-0.2, -0.15) is 0 Å². The van der Waals surface area contributed by atoms with Crippen molar-refractivity contribution in [3.63, 3.8) is 0 Å². The minimum Gasteiger partial charge on any atom is -0.492 e. The lowest BCUT2D eigenvalue weighted by Gasteiger charge is -2.11. The molecule has 1 heterocycles. The number of hydrogen-bond donors (Lipinski definition) is 0. The lowest BCUT2D eigenvalue weighted by Crippen LogP contribution is -2.07. The van der Waals surface area contributed by atoms with E-state index in [9.17, 15) is 4.79 Å². The Balaban J connectivity index is 1.86. The summed E-state index contributed by atoms with van der Waals surface area (Å²) >= 11 is 0. The Hall–Kier alpha value is -2.36. The quantitative estimate of drug-likeness (QED) is 0.275. The Labute approximate surface area is 162 Å². The molecule has 146 valence electrons. The maximum atomic E-state index is 11.9. The van der Waals surface area contributed by atoms with Crippen LogP contribution in [0.25, 0.3) is 11.3 Å². The zero-order valence-corrected chi connectivity index (χ0v) is 16.7. The molecule has 0 saturated heterocycles. The molecule has 0 bridgehead atoms. The number of esters is 1. The summed E-state index contributed by atoms with van der Waals surface area (Å²) in [5, 5.41) is 0. The second-order valence-corrected chi connectivity index (χ2v) is 7.01. The molecule has 0 aliphatic rings. The summed E-state index contributed by atoms with van der Waals surface area (Å²) in [6.07, 6.45) is 7.61. The van der Waals surface area contributed by atoms with E-state index in [-0.39, 0.29) is 5.97 Å². The van der Waals surface area contributed by atoms with Crippen LogP contribution in [0.2, 0.25) is 0 Å². The highest BCUT2D eigenvalue weighted by atomic mass is 16.5. The normalized spacial score (nSPS) is 11.8. The predicted molar refractivity (Wildman–Crippen MR) is 109 cm³/mol. The molecular formula is C23H31NO3.